The van der Waals surface area contributed by atoms with Gasteiger partial charge in [-0.3, -0.25) is 4.79 Å². The SMILES string of the molecule is COC1CCC(CC2CCC(OC3CCC(C(=O)C4CCC(C)CC4)CC3)C(CCl)C2)CC1CCl. The number of carbonyl (C=O) groups excluding carboxylic acids is 1. The zero-order valence-corrected chi connectivity index (χ0v) is 23.8. The average molecular weight is 530 g/mol. The summed E-state index contributed by atoms with van der Waals surface area (Å²) >= 11 is 12.7. The van der Waals surface area contributed by atoms with Crippen LogP contribution in [0.15, 0.2) is 0 Å². The summed E-state index contributed by atoms with van der Waals surface area (Å²) in [6, 6.07) is 0. The number of rotatable bonds is 9. The fourth-order valence-electron chi connectivity index (χ4n) is 7.99. The first-order valence-electron chi connectivity index (χ1n) is 14.8. The normalized spacial score (nSPS) is 43.1. The van der Waals surface area contributed by atoms with Gasteiger partial charge in [-0.25, -0.2) is 0 Å². The molecule has 4 saturated carbocycles. The summed E-state index contributed by atoms with van der Waals surface area (Å²) in [5.41, 5.74) is 0. The van der Waals surface area contributed by atoms with E-state index in [9.17, 15) is 4.79 Å². The van der Waals surface area contributed by atoms with Crippen LogP contribution in [-0.2, 0) is 14.3 Å². The number of hydrogen-bond acceptors (Lipinski definition) is 3. The zero-order chi connectivity index (χ0) is 24.8. The predicted molar refractivity (Wildman–Crippen MR) is 145 cm³/mol. The molecule has 4 fully saturated rings. The molecule has 4 aliphatic rings. The zero-order valence-electron chi connectivity index (χ0n) is 22.3. The Labute approximate surface area is 224 Å². The Bertz CT molecular complexity index is 642. The summed E-state index contributed by atoms with van der Waals surface area (Å²) in [5, 5.41) is 0. The molecule has 4 rings (SSSR count). The van der Waals surface area contributed by atoms with Crippen LogP contribution >= 0.6 is 23.2 Å². The molecule has 3 nitrogen and oxygen atoms in total. The number of ketones is 1. The van der Waals surface area contributed by atoms with E-state index in [0.29, 0.717) is 53.6 Å². The first kappa shape index (κ1) is 28.2. The van der Waals surface area contributed by atoms with Gasteiger partial charge in [0.2, 0.25) is 0 Å². The van der Waals surface area contributed by atoms with E-state index < -0.39 is 0 Å². The Balaban J connectivity index is 1.19. The Hall–Kier alpha value is 0.170. The molecule has 0 amide bonds. The molecule has 6 atom stereocenters. The van der Waals surface area contributed by atoms with E-state index in [2.05, 4.69) is 6.92 Å². The molecule has 4 aliphatic carbocycles. The van der Waals surface area contributed by atoms with Crippen molar-refractivity contribution in [1.29, 1.82) is 0 Å². The predicted octanol–water partition coefficient (Wildman–Crippen LogP) is 8.04. The molecule has 6 unspecified atom stereocenters. The van der Waals surface area contributed by atoms with Crippen LogP contribution in [0.1, 0.15) is 103 Å². The number of Topliss-reactive ketones (excluding diaryl/α,β-unsaturated/α-hetero) is 1. The first-order valence-corrected chi connectivity index (χ1v) is 15.9. The Morgan fingerprint density at radius 1 is 0.714 bits per heavy atom. The number of alkyl halides is 2. The summed E-state index contributed by atoms with van der Waals surface area (Å²) in [4.78, 5) is 13.1. The van der Waals surface area contributed by atoms with Crippen molar-refractivity contribution < 1.29 is 14.3 Å². The van der Waals surface area contributed by atoms with Crippen molar-refractivity contribution in [2.24, 2.45) is 41.4 Å². The van der Waals surface area contributed by atoms with Crippen molar-refractivity contribution in [2.75, 3.05) is 18.9 Å². The van der Waals surface area contributed by atoms with E-state index in [1.807, 2.05) is 7.11 Å². The highest BCUT2D eigenvalue weighted by molar-refractivity contribution is 6.18. The van der Waals surface area contributed by atoms with Crippen LogP contribution < -0.4 is 0 Å². The van der Waals surface area contributed by atoms with Crippen LogP contribution in [-0.4, -0.2) is 43.0 Å². The van der Waals surface area contributed by atoms with Gasteiger partial charge in [0.25, 0.3) is 0 Å². The average Bonchev–Trinajstić information content (AvgIpc) is 2.90. The third kappa shape index (κ3) is 7.61. The van der Waals surface area contributed by atoms with E-state index >= 15 is 0 Å². The Morgan fingerprint density at radius 3 is 1.77 bits per heavy atom. The molecule has 0 saturated heterocycles. The minimum atomic E-state index is 0.290. The molecule has 5 heteroatoms. The molecule has 0 aliphatic heterocycles. The number of ether oxygens (including phenoxy) is 2. The van der Waals surface area contributed by atoms with E-state index in [1.165, 1.54) is 44.9 Å². The van der Waals surface area contributed by atoms with E-state index in [-0.39, 0.29) is 5.92 Å². The highest BCUT2D eigenvalue weighted by Gasteiger charge is 2.38. The molecule has 0 radical (unpaired) electrons. The van der Waals surface area contributed by atoms with Gasteiger partial charge in [-0.05, 0) is 113 Å². The van der Waals surface area contributed by atoms with Crippen LogP contribution in [0.4, 0.5) is 0 Å². The molecular formula is C30H50Cl2O3. The molecule has 0 aromatic rings. The van der Waals surface area contributed by atoms with E-state index in [4.69, 9.17) is 32.7 Å². The maximum Gasteiger partial charge on any atom is 0.139 e. The van der Waals surface area contributed by atoms with Crippen molar-refractivity contribution in [2.45, 2.75) is 122 Å². The molecule has 202 valence electrons. The second-order valence-corrected chi connectivity index (χ2v) is 13.3. The minimum absolute atomic E-state index is 0.290. The Morgan fingerprint density at radius 2 is 1.23 bits per heavy atom. The molecule has 0 heterocycles. The number of halogens is 2. The van der Waals surface area contributed by atoms with Gasteiger partial charge in [0.15, 0.2) is 0 Å². The quantitative estimate of drug-likeness (QED) is 0.284. The first-order chi connectivity index (χ1) is 17.0. The lowest BCUT2D eigenvalue weighted by Crippen LogP contribution is -2.39. The standard InChI is InChI=1S/C30H50Cl2O3/c1-20-3-7-23(8-4-20)30(33)24-9-11-27(12-10-24)35-29-14-6-22(17-26(29)19-32)15-21-5-13-28(34-2)25(16-21)18-31/h20-29H,3-19H2,1-2H3. The van der Waals surface area contributed by atoms with Crippen molar-refractivity contribution >= 4 is 29.0 Å². The summed E-state index contributed by atoms with van der Waals surface area (Å²) in [7, 11) is 1.83. The summed E-state index contributed by atoms with van der Waals surface area (Å²) in [6.07, 6.45) is 18.4. The van der Waals surface area contributed by atoms with Gasteiger partial charge in [-0.2, -0.15) is 0 Å². The van der Waals surface area contributed by atoms with E-state index in [1.54, 1.807) is 0 Å². The number of hydrogen-bond donors (Lipinski definition) is 0. The molecule has 0 spiro atoms. The molecule has 35 heavy (non-hydrogen) atoms. The largest absolute Gasteiger partial charge is 0.381 e. The van der Waals surface area contributed by atoms with Gasteiger partial charge in [0.1, 0.15) is 5.78 Å². The molecule has 0 bridgehead atoms. The van der Waals surface area contributed by atoms with Gasteiger partial charge < -0.3 is 9.47 Å². The van der Waals surface area contributed by atoms with Crippen LogP contribution in [0.5, 0.6) is 0 Å². The molecule has 0 aromatic heterocycles. The lowest BCUT2D eigenvalue weighted by molar-refractivity contribution is -0.131. The maximum atomic E-state index is 13.1. The highest BCUT2D eigenvalue weighted by atomic mass is 35.5. The molecule has 0 N–H and O–H groups in total. The van der Waals surface area contributed by atoms with Crippen molar-refractivity contribution in [3.05, 3.63) is 0 Å². The summed E-state index contributed by atoms with van der Waals surface area (Å²) in [6.45, 7) is 2.33. The third-order valence-corrected chi connectivity index (χ3v) is 11.1. The maximum absolute atomic E-state index is 13.1. The fourth-order valence-corrected chi connectivity index (χ4v) is 8.64. The summed E-state index contributed by atoms with van der Waals surface area (Å²) < 4.78 is 12.4. The lowest BCUT2D eigenvalue weighted by atomic mass is 9.71. The van der Waals surface area contributed by atoms with Crippen LogP contribution in [0.3, 0.4) is 0 Å². The monoisotopic (exact) mass is 528 g/mol. The Kier molecular flexibility index (Phi) is 11.1. The van der Waals surface area contributed by atoms with Crippen LogP contribution in [0, 0.1) is 41.4 Å². The second-order valence-electron chi connectivity index (χ2n) is 12.7. The minimum Gasteiger partial charge on any atom is -0.381 e. The molecular weight excluding hydrogens is 479 g/mol. The lowest BCUT2D eigenvalue weighted by Gasteiger charge is -2.41. The third-order valence-electron chi connectivity index (χ3n) is 10.3. The van der Waals surface area contributed by atoms with Crippen LogP contribution in [0.25, 0.3) is 0 Å². The number of methoxy groups -OCH3 is 1. The van der Waals surface area contributed by atoms with Crippen molar-refractivity contribution in [3.63, 3.8) is 0 Å². The van der Waals surface area contributed by atoms with Gasteiger partial charge in [-0.15, -0.1) is 23.2 Å². The van der Waals surface area contributed by atoms with Crippen molar-refractivity contribution in [3.8, 4) is 0 Å². The van der Waals surface area contributed by atoms with Gasteiger partial charge in [-0.1, -0.05) is 19.8 Å². The smallest absolute Gasteiger partial charge is 0.139 e. The van der Waals surface area contributed by atoms with Gasteiger partial charge >= 0.3 is 0 Å². The molecule has 0 aromatic carbocycles. The topological polar surface area (TPSA) is 35.5 Å². The van der Waals surface area contributed by atoms with E-state index in [0.717, 1.165) is 69.1 Å². The van der Waals surface area contributed by atoms with Gasteiger partial charge in [0, 0.05) is 30.7 Å². The van der Waals surface area contributed by atoms with Crippen LogP contribution in [0.2, 0.25) is 0 Å². The fraction of sp³-hybridized carbons (Fsp3) is 0.967. The summed E-state index contributed by atoms with van der Waals surface area (Å²) in [5.74, 6) is 5.96. The number of carbonyl (C=O) groups is 1. The highest BCUT2D eigenvalue weighted by Crippen LogP contribution is 2.42. The van der Waals surface area contributed by atoms with Crippen molar-refractivity contribution in [1.82, 2.24) is 0 Å². The van der Waals surface area contributed by atoms with Gasteiger partial charge in [0.05, 0.1) is 18.3 Å². The second kappa shape index (κ2) is 13.8.